The molecule has 2 saturated heterocycles. The van der Waals surface area contributed by atoms with Crippen LogP contribution in [0.1, 0.15) is 29.8 Å². The van der Waals surface area contributed by atoms with Gasteiger partial charge in [0.25, 0.3) is 5.91 Å². The molecule has 0 bridgehead atoms. The summed E-state index contributed by atoms with van der Waals surface area (Å²) in [6.45, 7) is 4.40. The lowest BCUT2D eigenvalue weighted by molar-refractivity contribution is -0.205. The Morgan fingerprint density at radius 2 is 2.10 bits per heavy atom. The van der Waals surface area contributed by atoms with Gasteiger partial charge in [0.2, 0.25) is 0 Å². The third kappa shape index (κ3) is 3.74. The molecule has 3 aliphatic rings. The van der Waals surface area contributed by atoms with Crippen molar-refractivity contribution in [3.63, 3.8) is 0 Å². The molecule has 1 aromatic heterocycles. The molecule has 0 saturated carbocycles. The first-order valence-electron chi connectivity index (χ1n) is 10.3. The Kier molecular flexibility index (Phi) is 4.76. The maximum absolute atomic E-state index is 12.9. The zero-order valence-corrected chi connectivity index (χ0v) is 16.7. The third-order valence-corrected chi connectivity index (χ3v) is 6.05. The number of nitrogens with zero attached hydrogens (tertiary/aromatic N) is 2. The minimum absolute atomic E-state index is 0.0578. The van der Waals surface area contributed by atoms with E-state index in [-0.39, 0.29) is 17.6 Å². The lowest BCUT2D eigenvalue weighted by Crippen LogP contribution is -2.68. The van der Waals surface area contributed by atoms with Crippen molar-refractivity contribution < 1.29 is 19.0 Å². The number of likely N-dealkylation sites (tertiary alicyclic amines) is 1. The molecule has 1 spiro atoms. The van der Waals surface area contributed by atoms with Crippen LogP contribution in [-0.2, 0) is 27.3 Å². The van der Waals surface area contributed by atoms with E-state index >= 15 is 0 Å². The zero-order chi connectivity index (χ0) is 19.8. The molecular weight excluding hydrogens is 368 g/mol. The quantitative estimate of drug-likeness (QED) is 0.798. The van der Waals surface area contributed by atoms with E-state index in [0.717, 1.165) is 35.5 Å². The van der Waals surface area contributed by atoms with Gasteiger partial charge in [-0.05, 0) is 37.1 Å². The van der Waals surface area contributed by atoms with Gasteiger partial charge in [-0.15, -0.1) is 0 Å². The lowest BCUT2D eigenvalue weighted by Gasteiger charge is -2.53. The van der Waals surface area contributed by atoms with E-state index in [4.69, 9.17) is 14.2 Å². The first-order chi connectivity index (χ1) is 14.1. The standard InChI is InChI=1S/C23H26N2O4/c1-16-5-4-7-18(24-16)13-27-19-9-10-28-23(12-19)14-25(15-23)22(26)21-11-17-6-2-3-8-20(17)29-21/h2-8,19,21H,9-15H2,1H3/t19-,21+/m1/s1. The van der Waals surface area contributed by atoms with Gasteiger partial charge in [-0.1, -0.05) is 24.3 Å². The Morgan fingerprint density at radius 1 is 1.24 bits per heavy atom. The van der Waals surface area contributed by atoms with Crippen LogP contribution < -0.4 is 4.74 Å². The summed E-state index contributed by atoms with van der Waals surface area (Å²) < 4.78 is 18.1. The number of benzene rings is 1. The SMILES string of the molecule is Cc1cccc(CO[C@@H]2CCOC3(C2)CN(C(=O)[C@@H]2Cc4ccccc4O2)C3)n1. The minimum atomic E-state index is -0.409. The number of carbonyl (C=O) groups excluding carboxylic acids is 1. The Balaban J connectivity index is 1.14. The van der Waals surface area contributed by atoms with E-state index in [1.54, 1.807) is 0 Å². The number of hydrogen-bond donors (Lipinski definition) is 0. The van der Waals surface area contributed by atoms with Gasteiger partial charge in [-0.3, -0.25) is 9.78 Å². The number of hydrogen-bond acceptors (Lipinski definition) is 5. The van der Waals surface area contributed by atoms with Crippen molar-refractivity contribution in [3.8, 4) is 5.75 Å². The van der Waals surface area contributed by atoms with Crippen LogP contribution in [0.5, 0.6) is 5.75 Å². The maximum atomic E-state index is 12.9. The molecule has 1 aromatic carbocycles. The highest BCUT2D eigenvalue weighted by Crippen LogP contribution is 2.37. The molecule has 6 heteroatoms. The average Bonchev–Trinajstić information content (AvgIpc) is 3.14. The first-order valence-corrected chi connectivity index (χ1v) is 10.3. The molecule has 0 N–H and O–H groups in total. The van der Waals surface area contributed by atoms with Gasteiger partial charge in [0.1, 0.15) is 11.4 Å². The van der Waals surface area contributed by atoms with E-state index in [0.29, 0.717) is 32.7 Å². The van der Waals surface area contributed by atoms with Crippen LogP contribution in [0.3, 0.4) is 0 Å². The molecule has 6 nitrogen and oxygen atoms in total. The summed E-state index contributed by atoms with van der Waals surface area (Å²) in [5.74, 6) is 0.885. The fourth-order valence-electron chi connectivity index (χ4n) is 4.56. The number of amides is 1. The van der Waals surface area contributed by atoms with Crippen LogP contribution >= 0.6 is 0 Å². The van der Waals surface area contributed by atoms with Crippen LogP contribution in [0.4, 0.5) is 0 Å². The van der Waals surface area contributed by atoms with E-state index in [1.807, 2.05) is 54.3 Å². The average molecular weight is 394 g/mol. The van der Waals surface area contributed by atoms with Gasteiger partial charge in [0.05, 0.1) is 31.5 Å². The predicted octanol–water partition coefficient (Wildman–Crippen LogP) is 2.67. The zero-order valence-electron chi connectivity index (χ0n) is 16.7. The molecule has 29 heavy (non-hydrogen) atoms. The van der Waals surface area contributed by atoms with Gasteiger partial charge < -0.3 is 19.1 Å². The van der Waals surface area contributed by atoms with Crippen LogP contribution in [-0.4, -0.2) is 53.3 Å². The number of rotatable bonds is 4. The van der Waals surface area contributed by atoms with Crippen molar-refractivity contribution in [1.82, 2.24) is 9.88 Å². The predicted molar refractivity (Wildman–Crippen MR) is 107 cm³/mol. The third-order valence-electron chi connectivity index (χ3n) is 6.05. The number of carbonyl (C=O) groups is 1. The second-order valence-electron chi connectivity index (χ2n) is 8.34. The van der Waals surface area contributed by atoms with Crippen LogP contribution in [0.25, 0.3) is 0 Å². The molecule has 0 radical (unpaired) electrons. The van der Waals surface area contributed by atoms with Crippen LogP contribution in [0.15, 0.2) is 42.5 Å². The molecule has 2 fully saturated rings. The van der Waals surface area contributed by atoms with E-state index in [2.05, 4.69) is 4.98 Å². The highest BCUT2D eigenvalue weighted by Gasteiger charge is 2.51. The maximum Gasteiger partial charge on any atom is 0.264 e. The van der Waals surface area contributed by atoms with Gasteiger partial charge >= 0.3 is 0 Å². The summed E-state index contributed by atoms with van der Waals surface area (Å²) in [6.07, 6.45) is 2.06. The molecule has 4 heterocycles. The fraction of sp³-hybridized carbons (Fsp3) is 0.478. The summed E-state index contributed by atoms with van der Waals surface area (Å²) in [6, 6.07) is 13.9. The molecule has 2 aromatic rings. The van der Waals surface area contributed by atoms with E-state index < -0.39 is 6.10 Å². The summed E-state index contributed by atoms with van der Waals surface area (Å²) in [5.41, 5.74) is 2.78. The van der Waals surface area contributed by atoms with Crippen molar-refractivity contribution in [2.45, 2.75) is 50.6 Å². The number of para-hydroxylation sites is 1. The highest BCUT2D eigenvalue weighted by molar-refractivity contribution is 5.83. The van der Waals surface area contributed by atoms with Crippen molar-refractivity contribution >= 4 is 5.91 Å². The Hall–Kier alpha value is -2.44. The molecule has 0 aliphatic carbocycles. The van der Waals surface area contributed by atoms with Crippen molar-refractivity contribution in [1.29, 1.82) is 0 Å². The lowest BCUT2D eigenvalue weighted by atomic mass is 9.84. The van der Waals surface area contributed by atoms with E-state index in [9.17, 15) is 4.79 Å². The summed E-state index contributed by atoms with van der Waals surface area (Å²) in [7, 11) is 0. The number of aromatic nitrogens is 1. The van der Waals surface area contributed by atoms with Crippen LogP contribution in [0.2, 0.25) is 0 Å². The normalized spacial score (nSPS) is 24.7. The largest absolute Gasteiger partial charge is 0.480 e. The second-order valence-corrected chi connectivity index (χ2v) is 8.34. The molecular formula is C23H26N2O4. The van der Waals surface area contributed by atoms with Gasteiger partial charge in [-0.2, -0.15) is 0 Å². The second kappa shape index (κ2) is 7.43. The minimum Gasteiger partial charge on any atom is -0.480 e. The Labute approximate surface area is 170 Å². The van der Waals surface area contributed by atoms with Crippen molar-refractivity contribution in [2.24, 2.45) is 0 Å². The first kappa shape index (κ1) is 18.6. The fourth-order valence-corrected chi connectivity index (χ4v) is 4.56. The monoisotopic (exact) mass is 394 g/mol. The molecule has 2 atom stereocenters. The molecule has 1 amide bonds. The summed E-state index contributed by atoms with van der Waals surface area (Å²) in [4.78, 5) is 19.2. The van der Waals surface area contributed by atoms with Gasteiger partial charge in [0, 0.05) is 25.1 Å². The molecule has 3 aliphatic heterocycles. The smallest absolute Gasteiger partial charge is 0.264 e. The molecule has 0 unspecified atom stereocenters. The van der Waals surface area contributed by atoms with Crippen molar-refractivity contribution in [2.75, 3.05) is 19.7 Å². The Morgan fingerprint density at radius 3 is 2.93 bits per heavy atom. The number of ether oxygens (including phenoxy) is 3. The Bertz CT molecular complexity index is 884. The topological polar surface area (TPSA) is 60.9 Å². The number of aryl methyl sites for hydroxylation is 1. The van der Waals surface area contributed by atoms with E-state index in [1.165, 1.54) is 0 Å². The highest BCUT2D eigenvalue weighted by atomic mass is 16.5. The summed E-state index contributed by atoms with van der Waals surface area (Å²) in [5, 5.41) is 0. The van der Waals surface area contributed by atoms with Gasteiger partial charge in [0.15, 0.2) is 6.10 Å². The number of fused-ring (bicyclic) bond motifs is 1. The molecule has 152 valence electrons. The van der Waals surface area contributed by atoms with Crippen LogP contribution in [0, 0.1) is 6.92 Å². The van der Waals surface area contributed by atoms with Gasteiger partial charge in [-0.25, -0.2) is 0 Å². The molecule has 5 rings (SSSR count). The van der Waals surface area contributed by atoms with Crippen molar-refractivity contribution in [3.05, 3.63) is 59.4 Å². The number of pyridine rings is 1. The summed E-state index contributed by atoms with van der Waals surface area (Å²) >= 11 is 0.